The summed E-state index contributed by atoms with van der Waals surface area (Å²) in [5, 5.41) is 14.9. The molecule has 1 aromatic carbocycles. The van der Waals surface area contributed by atoms with Crippen molar-refractivity contribution in [3.05, 3.63) is 48.3 Å². The third kappa shape index (κ3) is 3.71. The Kier molecular flexibility index (Phi) is 4.49. The van der Waals surface area contributed by atoms with Gasteiger partial charge in [0.25, 0.3) is 0 Å². The third-order valence-corrected chi connectivity index (χ3v) is 2.40. The molecule has 1 heterocycles. The Balaban J connectivity index is 1.93. The maximum Gasteiger partial charge on any atom is 0.131 e. The van der Waals surface area contributed by atoms with Gasteiger partial charge in [-0.2, -0.15) is 0 Å². The molecule has 0 bridgehead atoms. The molecule has 3 N–H and O–H groups in total. The van der Waals surface area contributed by atoms with E-state index in [0.717, 1.165) is 12.4 Å². The molecule has 0 saturated heterocycles. The van der Waals surface area contributed by atoms with Gasteiger partial charge in [-0.05, 0) is 5.56 Å². The topological polar surface area (TPSA) is 70.1 Å². The number of benzene rings is 1. The highest BCUT2D eigenvalue weighted by molar-refractivity contribution is 5.46. The first-order chi connectivity index (χ1) is 8.88. The largest absolute Gasteiger partial charge is 0.395 e. The van der Waals surface area contributed by atoms with Gasteiger partial charge >= 0.3 is 0 Å². The summed E-state index contributed by atoms with van der Waals surface area (Å²) in [5.74, 6) is 1.46. The molecule has 1 aromatic heterocycles. The highest BCUT2D eigenvalue weighted by atomic mass is 16.3. The number of rotatable bonds is 6. The molecule has 0 amide bonds. The van der Waals surface area contributed by atoms with Crippen molar-refractivity contribution in [1.82, 2.24) is 9.97 Å². The lowest BCUT2D eigenvalue weighted by Crippen LogP contribution is -2.08. The van der Waals surface area contributed by atoms with Gasteiger partial charge in [0.1, 0.15) is 18.0 Å². The van der Waals surface area contributed by atoms with Gasteiger partial charge in [0.2, 0.25) is 0 Å². The van der Waals surface area contributed by atoms with Crippen molar-refractivity contribution in [3.8, 4) is 0 Å². The minimum atomic E-state index is 0.0801. The van der Waals surface area contributed by atoms with Crippen molar-refractivity contribution in [1.29, 1.82) is 0 Å². The van der Waals surface area contributed by atoms with Gasteiger partial charge in [0.05, 0.1) is 6.61 Å². The molecule has 2 rings (SSSR count). The molecule has 0 saturated carbocycles. The fraction of sp³-hybridized carbons (Fsp3) is 0.231. The number of nitrogens with one attached hydrogen (secondary N) is 2. The van der Waals surface area contributed by atoms with Crippen LogP contribution in [0.15, 0.2) is 42.7 Å². The molecular weight excluding hydrogens is 228 g/mol. The minimum absolute atomic E-state index is 0.0801. The third-order valence-electron chi connectivity index (χ3n) is 2.40. The molecule has 0 fully saturated rings. The lowest BCUT2D eigenvalue weighted by atomic mass is 10.2. The minimum Gasteiger partial charge on any atom is -0.395 e. The molecule has 0 radical (unpaired) electrons. The van der Waals surface area contributed by atoms with Gasteiger partial charge in [-0.15, -0.1) is 0 Å². The van der Waals surface area contributed by atoms with Gasteiger partial charge in [0, 0.05) is 19.2 Å². The molecule has 0 unspecified atom stereocenters. The number of hydrogen-bond donors (Lipinski definition) is 3. The molecule has 0 aliphatic heterocycles. The van der Waals surface area contributed by atoms with Crippen LogP contribution >= 0.6 is 0 Å². The van der Waals surface area contributed by atoms with Crippen LogP contribution in [-0.4, -0.2) is 28.2 Å². The van der Waals surface area contributed by atoms with Gasteiger partial charge < -0.3 is 15.7 Å². The fourth-order valence-corrected chi connectivity index (χ4v) is 1.52. The van der Waals surface area contributed by atoms with E-state index in [-0.39, 0.29) is 6.61 Å². The first-order valence-electron chi connectivity index (χ1n) is 5.83. The van der Waals surface area contributed by atoms with Gasteiger partial charge in [0.15, 0.2) is 0 Å². The van der Waals surface area contributed by atoms with E-state index in [1.807, 2.05) is 24.3 Å². The number of aromatic nitrogens is 2. The number of aliphatic hydroxyl groups excluding tert-OH is 1. The van der Waals surface area contributed by atoms with E-state index in [1.54, 1.807) is 0 Å². The lowest BCUT2D eigenvalue weighted by molar-refractivity contribution is 0.311. The second-order valence-corrected chi connectivity index (χ2v) is 3.78. The summed E-state index contributed by atoms with van der Waals surface area (Å²) in [6.07, 6.45) is 1.49. The summed E-state index contributed by atoms with van der Waals surface area (Å²) in [6, 6.07) is 11.9. The SMILES string of the molecule is OCCNc1cc(NCc2ccccc2)ncn1. The van der Waals surface area contributed by atoms with Crippen LogP contribution in [0.2, 0.25) is 0 Å². The Morgan fingerprint density at radius 3 is 2.44 bits per heavy atom. The first kappa shape index (κ1) is 12.3. The van der Waals surface area contributed by atoms with Gasteiger partial charge in [-0.25, -0.2) is 9.97 Å². The molecule has 18 heavy (non-hydrogen) atoms. The van der Waals surface area contributed by atoms with E-state index in [0.29, 0.717) is 12.4 Å². The standard InChI is InChI=1S/C13H16N4O/c18-7-6-14-12-8-13(17-10-16-12)15-9-11-4-2-1-3-5-11/h1-5,8,10,18H,6-7,9H2,(H2,14,15,16,17). The fourth-order valence-electron chi connectivity index (χ4n) is 1.52. The van der Waals surface area contributed by atoms with E-state index >= 15 is 0 Å². The normalized spacial score (nSPS) is 10.1. The summed E-state index contributed by atoms with van der Waals surface area (Å²) >= 11 is 0. The highest BCUT2D eigenvalue weighted by Crippen LogP contribution is 2.09. The number of aliphatic hydroxyl groups is 1. The highest BCUT2D eigenvalue weighted by Gasteiger charge is 1.98. The maximum absolute atomic E-state index is 8.73. The van der Waals surface area contributed by atoms with Crippen LogP contribution < -0.4 is 10.6 Å². The summed E-state index contributed by atoms with van der Waals surface area (Å²) in [6.45, 7) is 1.28. The molecule has 2 aromatic rings. The van der Waals surface area contributed by atoms with E-state index in [1.165, 1.54) is 11.9 Å². The van der Waals surface area contributed by atoms with Crippen molar-refractivity contribution in [2.24, 2.45) is 0 Å². The van der Waals surface area contributed by atoms with Crippen LogP contribution in [0.4, 0.5) is 11.6 Å². The van der Waals surface area contributed by atoms with Crippen molar-refractivity contribution in [3.63, 3.8) is 0 Å². The molecule has 0 spiro atoms. The monoisotopic (exact) mass is 244 g/mol. The molecule has 5 heteroatoms. The Morgan fingerprint density at radius 2 is 1.72 bits per heavy atom. The zero-order valence-corrected chi connectivity index (χ0v) is 10.0. The number of anilines is 2. The van der Waals surface area contributed by atoms with Gasteiger partial charge in [-0.1, -0.05) is 30.3 Å². The summed E-state index contributed by atoms with van der Waals surface area (Å²) < 4.78 is 0. The van der Waals surface area contributed by atoms with E-state index in [2.05, 4.69) is 32.7 Å². The van der Waals surface area contributed by atoms with Crippen LogP contribution in [0.25, 0.3) is 0 Å². The number of hydrogen-bond acceptors (Lipinski definition) is 5. The van der Waals surface area contributed by atoms with Crippen LogP contribution in [0, 0.1) is 0 Å². The number of nitrogens with zero attached hydrogens (tertiary/aromatic N) is 2. The molecule has 0 aliphatic rings. The van der Waals surface area contributed by atoms with Crippen LogP contribution in [0.5, 0.6) is 0 Å². The van der Waals surface area contributed by atoms with Gasteiger partial charge in [-0.3, -0.25) is 0 Å². The molecule has 0 atom stereocenters. The van der Waals surface area contributed by atoms with Crippen LogP contribution in [0.1, 0.15) is 5.56 Å². The second-order valence-electron chi connectivity index (χ2n) is 3.78. The molecule has 0 aliphatic carbocycles. The van der Waals surface area contributed by atoms with Crippen molar-refractivity contribution >= 4 is 11.6 Å². The second kappa shape index (κ2) is 6.56. The summed E-state index contributed by atoms with van der Waals surface area (Å²) in [4.78, 5) is 8.20. The lowest BCUT2D eigenvalue weighted by Gasteiger charge is -2.07. The first-order valence-corrected chi connectivity index (χ1v) is 5.83. The Labute approximate surface area is 106 Å². The zero-order chi connectivity index (χ0) is 12.6. The summed E-state index contributed by atoms with van der Waals surface area (Å²) in [5.41, 5.74) is 1.20. The van der Waals surface area contributed by atoms with Crippen molar-refractivity contribution < 1.29 is 5.11 Å². The van der Waals surface area contributed by atoms with Crippen molar-refractivity contribution in [2.75, 3.05) is 23.8 Å². The Hall–Kier alpha value is -2.14. The quantitative estimate of drug-likeness (QED) is 0.718. The zero-order valence-electron chi connectivity index (χ0n) is 10.0. The van der Waals surface area contributed by atoms with Crippen LogP contribution in [-0.2, 0) is 6.54 Å². The van der Waals surface area contributed by atoms with E-state index < -0.39 is 0 Å². The Morgan fingerprint density at radius 1 is 1.00 bits per heavy atom. The predicted molar refractivity (Wildman–Crippen MR) is 71.4 cm³/mol. The predicted octanol–water partition coefficient (Wildman–Crippen LogP) is 1.49. The average molecular weight is 244 g/mol. The summed E-state index contributed by atoms with van der Waals surface area (Å²) in [7, 11) is 0. The van der Waals surface area contributed by atoms with E-state index in [4.69, 9.17) is 5.11 Å². The Bertz CT molecular complexity index is 475. The molecular formula is C13H16N4O. The van der Waals surface area contributed by atoms with E-state index in [9.17, 15) is 0 Å². The van der Waals surface area contributed by atoms with Crippen LogP contribution in [0.3, 0.4) is 0 Å². The average Bonchev–Trinajstić information content (AvgIpc) is 2.44. The molecule has 5 nitrogen and oxygen atoms in total. The molecule has 94 valence electrons. The smallest absolute Gasteiger partial charge is 0.131 e. The van der Waals surface area contributed by atoms with Crippen molar-refractivity contribution in [2.45, 2.75) is 6.54 Å². The maximum atomic E-state index is 8.73.